The van der Waals surface area contributed by atoms with Gasteiger partial charge in [-0.15, -0.1) is 0 Å². The number of hydrogen-bond donors (Lipinski definition) is 0. The Labute approximate surface area is 364 Å². The summed E-state index contributed by atoms with van der Waals surface area (Å²) < 4.78 is 2.52. The molecule has 300 valence electrons. The molecule has 11 rings (SSSR count). The average Bonchev–Trinajstić information content (AvgIpc) is 3.62. The molecule has 0 unspecified atom stereocenters. The molecule has 10 aromatic carbocycles. The van der Waals surface area contributed by atoms with Crippen LogP contribution < -0.4 is 4.90 Å². The molecule has 0 bridgehead atoms. The van der Waals surface area contributed by atoms with Crippen molar-refractivity contribution in [3.63, 3.8) is 0 Å². The van der Waals surface area contributed by atoms with Crippen molar-refractivity contribution in [1.82, 2.24) is 4.57 Å². The second-order valence-corrected chi connectivity index (χ2v) is 19.1. The standard InChI is InChI=1S/C60H50N2/c1-59(2,3)45-27-35-55-51(37-45)52-38-46(60(4,5)6)28-36-56(52)62(55)54-34-26-44-23-31-49-53(33-25-43-24-32-50(54)58(44)57(43)49)61(47-15-11-8-12-16-47)48-29-21-42(22-30-48)41-19-17-40(18-20-41)39-13-9-7-10-14-39/h7-38H,1-6H3. The number of nitrogens with zero attached hydrogens (tertiary/aromatic N) is 2. The van der Waals surface area contributed by atoms with Crippen LogP contribution in [0.15, 0.2) is 194 Å². The van der Waals surface area contributed by atoms with Crippen molar-refractivity contribution in [2.75, 3.05) is 4.90 Å². The minimum Gasteiger partial charge on any atom is -0.310 e. The van der Waals surface area contributed by atoms with Crippen LogP contribution in [-0.4, -0.2) is 4.57 Å². The van der Waals surface area contributed by atoms with E-state index in [0.29, 0.717) is 0 Å². The van der Waals surface area contributed by atoms with Crippen LogP contribution in [0.3, 0.4) is 0 Å². The zero-order valence-corrected chi connectivity index (χ0v) is 36.4. The summed E-state index contributed by atoms with van der Waals surface area (Å²) in [4.78, 5) is 2.42. The number of benzene rings is 10. The maximum absolute atomic E-state index is 2.52. The van der Waals surface area contributed by atoms with Gasteiger partial charge in [0.2, 0.25) is 0 Å². The van der Waals surface area contributed by atoms with Crippen molar-refractivity contribution in [2.24, 2.45) is 0 Å². The third kappa shape index (κ3) is 6.24. The molecule has 0 aliphatic carbocycles. The molecule has 62 heavy (non-hydrogen) atoms. The van der Waals surface area contributed by atoms with E-state index in [9.17, 15) is 0 Å². The van der Waals surface area contributed by atoms with E-state index >= 15 is 0 Å². The van der Waals surface area contributed by atoms with Gasteiger partial charge >= 0.3 is 0 Å². The van der Waals surface area contributed by atoms with Gasteiger partial charge in [-0.1, -0.05) is 175 Å². The van der Waals surface area contributed by atoms with E-state index in [1.807, 2.05) is 0 Å². The van der Waals surface area contributed by atoms with E-state index in [4.69, 9.17) is 0 Å². The minimum absolute atomic E-state index is 0.0414. The number of fused-ring (bicyclic) bond motifs is 3. The Balaban J connectivity index is 1.08. The molecule has 2 heteroatoms. The Kier molecular flexibility index (Phi) is 8.67. The summed E-state index contributed by atoms with van der Waals surface area (Å²) in [5.41, 5.74) is 14.7. The molecular formula is C60H50N2. The van der Waals surface area contributed by atoms with Crippen LogP contribution in [-0.2, 0) is 10.8 Å². The van der Waals surface area contributed by atoms with Crippen molar-refractivity contribution in [1.29, 1.82) is 0 Å². The average molecular weight is 799 g/mol. The van der Waals surface area contributed by atoms with Gasteiger partial charge in [0.25, 0.3) is 0 Å². The third-order valence-electron chi connectivity index (χ3n) is 13.1. The maximum Gasteiger partial charge on any atom is 0.0541 e. The highest BCUT2D eigenvalue weighted by Crippen LogP contribution is 2.46. The molecule has 0 aliphatic rings. The van der Waals surface area contributed by atoms with Gasteiger partial charge in [0.05, 0.1) is 22.4 Å². The van der Waals surface area contributed by atoms with Crippen LogP contribution in [0.25, 0.3) is 82.1 Å². The molecule has 0 atom stereocenters. The fourth-order valence-corrected chi connectivity index (χ4v) is 9.67. The second-order valence-electron chi connectivity index (χ2n) is 19.1. The third-order valence-corrected chi connectivity index (χ3v) is 13.1. The number of rotatable bonds is 6. The van der Waals surface area contributed by atoms with Gasteiger partial charge in [-0.3, -0.25) is 0 Å². The van der Waals surface area contributed by atoms with Gasteiger partial charge in [0.15, 0.2) is 0 Å². The van der Waals surface area contributed by atoms with Crippen LogP contribution >= 0.6 is 0 Å². The van der Waals surface area contributed by atoms with Gasteiger partial charge in [0, 0.05) is 32.9 Å². The largest absolute Gasteiger partial charge is 0.310 e. The quantitative estimate of drug-likeness (QED) is 0.152. The van der Waals surface area contributed by atoms with E-state index in [1.54, 1.807) is 0 Å². The fourth-order valence-electron chi connectivity index (χ4n) is 9.67. The monoisotopic (exact) mass is 798 g/mol. The lowest BCUT2D eigenvalue weighted by Gasteiger charge is -2.28. The number of anilines is 3. The Morgan fingerprint density at radius 3 is 1.34 bits per heavy atom. The highest BCUT2D eigenvalue weighted by Gasteiger charge is 2.24. The fraction of sp³-hybridized carbons (Fsp3) is 0.133. The molecule has 0 radical (unpaired) electrons. The lowest BCUT2D eigenvalue weighted by atomic mass is 9.85. The Morgan fingerprint density at radius 1 is 0.355 bits per heavy atom. The van der Waals surface area contributed by atoms with Crippen LogP contribution in [0.4, 0.5) is 17.1 Å². The number of aromatic nitrogens is 1. The maximum atomic E-state index is 2.52. The van der Waals surface area contributed by atoms with Crippen molar-refractivity contribution in [3.8, 4) is 27.9 Å². The van der Waals surface area contributed by atoms with E-state index in [2.05, 4.69) is 245 Å². The van der Waals surface area contributed by atoms with Gasteiger partial charge in [-0.25, -0.2) is 0 Å². The Morgan fingerprint density at radius 2 is 0.790 bits per heavy atom. The van der Waals surface area contributed by atoms with E-state index in [0.717, 1.165) is 17.1 Å². The summed E-state index contributed by atoms with van der Waals surface area (Å²) in [6, 6.07) is 72.2. The first-order valence-corrected chi connectivity index (χ1v) is 21.9. The first kappa shape index (κ1) is 37.8. The molecule has 0 N–H and O–H groups in total. The van der Waals surface area contributed by atoms with Crippen LogP contribution in [0, 0.1) is 0 Å². The van der Waals surface area contributed by atoms with Crippen molar-refractivity contribution >= 4 is 71.2 Å². The molecule has 1 aromatic heterocycles. The van der Waals surface area contributed by atoms with Gasteiger partial charge in [-0.2, -0.15) is 0 Å². The molecule has 0 fully saturated rings. The summed E-state index contributed by atoms with van der Waals surface area (Å²) in [6.45, 7) is 13.9. The predicted molar refractivity (Wildman–Crippen MR) is 267 cm³/mol. The van der Waals surface area contributed by atoms with Crippen LogP contribution in [0.2, 0.25) is 0 Å². The van der Waals surface area contributed by atoms with Crippen molar-refractivity contribution in [2.45, 2.75) is 52.4 Å². The highest BCUT2D eigenvalue weighted by molar-refractivity contribution is 6.27. The minimum atomic E-state index is 0.0414. The predicted octanol–water partition coefficient (Wildman–Crippen LogP) is 17.1. The lowest BCUT2D eigenvalue weighted by Crippen LogP contribution is -2.10. The van der Waals surface area contributed by atoms with Gasteiger partial charge < -0.3 is 9.47 Å². The van der Waals surface area contributed by atoms with Crippen molar-refractivity contribution < 1.29 is 0 Å². The molecular weight excluding hydrogens is 749 g/mol. The summed E-state index contributed by atoms with van der Waals surface area (Å²) in [6.07, 6.45) is 0. The molecule has 11 aromatic rings. The Bertz CT molecular complexity index is 3360. The number of para-hydroxylation sites is 1. The Hall–Kier alpha value is -7.16. The summed E-state index contributed by atoms with van der Waals surface area (Å²) >= 11 is 0. The molecule has 1 heterocycles. The molecule has 0 saturated carbocycles. The van der Waals surface area contributed by atoms with Gasteiger partial charge in [-0.05, 0) is 126 Å². The summed E-state index contributed by atoms with van der Waals surface area (Å²) in [7, 11) is 0. The van der Waals surface area contributed by atoms with Crippen LogP contribution in [0.1, 0.15) is 52.7 Å². The zero-order chi connectivity index (χ0) is 42.3. The molecule has 0 saturated heterocycles. The second kappa shape index (κ2) is 14.2. The highest BCUT2D eigenvalue weighted by atomic mass is 15.1. The van der Waals surface area contributed by atoms with Crippen molar-refractivity contribution in [3.05, 3.63) is 205 Å². The van der Waals surface area contributed by atoms with E-state index < -0.39 is 0 Å². The first-order chi connectivity index (χ1) is 30.0. The molecule has 0 aliphatic heterocycles. The summed E-state index contributed by atoms with van der Waals surface area (Å²) in [5.74, 6) is 0. The first-order valence-electron chi connectivity index (χ1n) is 21.9. The molecule has 0 amide bonds. The number of hydrogen-bond acceptors (Lipinski definition) is 1. The normalized spacial score (nSPS) is 12.4. The van der Waals surface area contributed by atoms with Gasteiger partial charge in [0.1, 0.15) is 0 Å². The van der Waals surface area contributed by atoms with E-state index in [-0.39, 0.29) is 10.8 Å². The topological polar surface area (TPSA) is 8.17 Å². The molecule has 0 spiro atoms. The van der Waals surface area contributed by atoms with E-state index in [1.165, 1.54) is 93.2 Å². The SMILES string of the molecule is CC(C)(C)c1ccc2c(c1)c1cc(C(C)(C)C)ccc1n2-c1ccc2ccc3c(N(c4ccccc4)c4ccc(-c5ccc(-c6ccccc6)cc5)cc4)ccc4ccc1c2c43. The smallest absolute Gasteiger partial charge is 0.0541 e. The zero-order valence-electron chi connectivity index (χ0n) is 36.4. The lowest BCUT2D eigenvalue weighted by molar-refractivity contribution is 0.590. The molecule has 2 nitrogen and oxygen atoms in total. The van der Waals surface area contributed by atoms with Crippen LogP contribution in [0.5, 0.6) is 0 Å². The summed E-state index contributed by atoms with van der Waals surface area (Å²) in [5, 5.41) is 10.2.